The van der Waals surface area contributed by atoms with Crippen LogP contribution in [-0.2, 0) is 9.59 Å². The van der Waals surface area contributed by atoms with Crippen molar-refractivity contribution >= 4 is 28.8 Å². The molecular weight excluding hydrogens is 266 g/mol. The average Bonchev–Trinajstić information content (AvgIpc) is 2.38. The number of rotatable bonds is 7. The van der Waals surface area contributed by atoms with E-state index in [0.717, 1.165) is 0 Å². The van der Waals surface area contributed by atoms with Gasteiger partial charge in [0.1, 0.15) is 5.71 Å². The molecule has 0 saturated carbocycles. The number of aliphatic carboxylic acids is 1. The van der Waals surface area contributed by atoms with Gasteiger partial charge in [-0.25, -0.2) is 0 Å². The molecule has 0 amide bonds. The summed E-state index contributed by atoms with van der Waals surface area (Å²) in [5.74, 6) is -1.35. The number of anilines is 1. The summed E-state index contributed by atoms with van der Waals surface area (Å²) in [5.41, 5.74) is 3.07. The molecule has 0 aliphatic heterocycles. The zero-order valence-electron chi connectivity index (χ0n) is 10.7. The number of hydrogen-bond acceptors (Lipinski definition) is 6. The molecule has 20 heavy (non-hydrogen) atoms. The Bertz CT molecular complexity index is 551. The largest absolute Gasteiger partial charge is 0.481 e. The van der Waals surface area contributed by atoms with Crippen molar-refractivity contribution in [3.8, 4) is 0 Å². The summed E-state index contributed by atoms with van der Waals surface area (Å²) in [7, 11) is 0. The fourth-order valence-electron chi connectivity index (χ4n) is 1.33. The molecule has 0 heterocycles. The van der Waals surface area contributed by atoms with Crippen molar-refractivity contribution in [1.82, 2.24) is 0 Å². The van der Waals surface area contributed by atoms with E-state index in [1.54, 1.807) is 0 Å². The van der Waals surface area contributed by atoms with Crippen molar-refractivity contribution in [2.24, 2.45) is 5.10 Å². The summed E-state index contributed by atoms with van der Waals surface area (Å²) in [6.07, 6.45) is -0.176. The first-order valence-electron chi connectivity index (χ1n) is 5.70. The molecule has 0 aliphatic carbocycles. The van der Waals surface area contributed by atoms with Crippen LogP contribution in [0.1, 0.15) is 19.8 Å². The minimum atomic E-state index is -1.02. The number of nitro groups is 1. The summed E-state index contributed by atoms with van der Waals surface area (Å²) in [5, 5.41) is 22.9. The summed E-state index contributed by atoms with van der Waals surface area (Å²) in [4.78, 5) is 31.7. The summed E-state index contributed by atoms with van der Waals surface area (Å²) in [6, 6.07) is 5.47. The normalized spacial score (nSPS) is 10.9. The fraction of sp³-hybridized carbons (Fsp3) is 0.250. The summed E-state index contributed by atoms with van der Waals surface area (Å²) in [6.45, 7) is 1.29. The lowest BCUT2D eigenvalue weighted by atomic mass is 10.1. The number of nitrogens with zero attached hydrogens (tertiary/aromatic N) is 2. The van der Waals surface area contributed by atoms with Crippen molar-refractivity contribution in [1.29, 1.82) is 0 Å². The van der Waals surface area contributed by atoms with Gasteiger partial charge in [0.15, 0.2) is 5.78 Å². The van der Waals surface area contributed by atoms with E-state index in [2.05, 4.69) is 10.5 Å². The van der Waals surface area contributed by atoms with Crippen molar-refractivity contribution < 1.29 is 19.6 Å². The number of hydrogen-bond donors (Lipinski definition) is 2. The van der Waals surface area contributed by atoms with Crippen molar-refractivity contribution in [3.63, 3.8) is 0 Å². The number of carbonyl (C=O) groups excluding carboxylic acids is 1. The molecule has 106 valence electrons. The Morgan fingerprint density at radius 3 is 2.35 bits per heavy atom. The van der Waals surface area contributed by atoms with Crippen LogP contribution in [0.3, 0.4) is 0 Å². The van der Waals surface area contributed by atoms with Crippen LogP contribution in [0.25, 0.3) is 0 Å². The van der Waals surface area contributed by atoms with E-state index in [0.29, 0.717) is 5.69 Å². The Labute approximate surface area is 114 Å². The smallest absolute Gasteiger partial charge is 0.303 e. The lowest BCUT2D eigenvalue weighted by Gasteiger charge is -2.03. The molecule has 0 fully saturated rings. The van der Waals surface area contributed by atoms with Gasteiger partial charge < -0.3 is 5.11 Å². The van der Waals surface area contributed by atoms with Gasteiger partial charge in [-0.15, -0.1) is 0 Å². The molecule has 0 aliphatic rings. The van der Waals surface area contributed by atoms with Gasteiger partial charge in [-0.1, -0.05) is 0 Å². The molecule has 0 unspecified atom stereocenters. The maximum atomic E-state index is 11.3. The third-order valence-electron chi connectivity index (χ3n) is 2.38. The Morgan fingerprint density at radius 2 is 1.90 bits per heavy atom. The number of non-ortho nitro benzene ring substituents is 1. The van der Waals surface area contributed by atoms with Gasteiger partial charge in [-0.3, -0.25) is 25.1 Å². The number of carboxylic acid groups (broad SMARTS) is 1. The molecule has 8 heteroatoms. The highest BCUT2D eigenvalue weighted by Crippen LogP contribution is 2.15. The van der Waals surface area contributed by atoms with E-state index >= 15 is 0 Å². The van der Waals surface area contributed by atoms with Gasteiger partial charge in [0.05, 0.1) is 17.0 Å². The molecule has 1 rings (SSSR count). The van der Waals surface area contributed by atoms with Crippen LogP contribution in [0.2, 0.25) is 0 Å². The minimum absolute atomic E-state index is 0.0185. The molecule has 0 aromatic heterocycles. The highest BCUT2D eigenvalue weighted by molar-refractivity contribution is 6.39. The highest BCUT2D eigenvalue weighted by atomic mass is 16.6. The van der Waals surface area contributed by atoms with E-state index in [4.69, 9.17) is 5.11 Å². The van der Waals surface area contributed by atoms with Crippen molar-refractivity contribution in [2.45, 2.75) is 19.8 Å². The van der Waals surface area contributed by atoms with Crippen LogP contribution >= 0.6 is 0 Å². The Morgan fingerprint density at radius 1 is 1.30 bits per heavy atom. The standard InChI is InChI=1S/C12H13N3O5/c1-8(16)11(6-7-12(17)18)14-13-9-2-4-10(5-3-9)15(19)20/h2-5,13H,6-7H2,1H3,(H,17,18)/b14-11-. The molecule has 0 saturated heterocycles. The third kappa shape index (κ3) is 4.84. The molecule has 2 N–H and O–H groups in total. The van der Waals surface area contributed by atoms with E-state index in [-0.39, 0.29) is 30.0 Å². The predicted octanol–water partition coefficient (Wildman–Crippen LogP) is 1.82. The average molecular weight is 279 g/mol. The van der Waals surface area contributed by atoms with Crippen LogP contribution in [0.5, 0.6) is 0 Å². The number of nitro benzene ring substituents is 1. The second kappa shape index (κ2) is 6.98. The summed E-state index contributed by atoms with van der Waals surface area (Å²) >= 11 is 0. The van der Waals surface area contributed by atoms with Crippen LogP contribution in [0.15, 0.2) is 29.4 Å². The van der Waals surface area contributed by atoms with Crippen molar-refractivity contribution in [2.75, 3.05) is 5.43 Å². The molecule has 8 nitrogen and oxygen atoms in total. The number of carbonyl (C=O) groups is 2. The van der Waals surface area contributed by atoms with Crippen molar-refractivity contribution in [3.05, 3.63) is 34.4 Å². The summed E-state index contributed by atoms with van der Waals surface area (Å²) < 4.78 is 0. The maximum Gasteiger partial charge on any atom is 0.303 e. The number of carboxylic acids is 1. The molecule has 1 aromatic carbocycles. The van der Waals surface area contributed by atoms with E-state index in [1.165, 1.54) is 31.2 Å². The number of ketones is 1. The zero-order valence-corrected chi connectivity index (χ0v) is 10.7. The first-order chi connectivity index (χ1) is 9.40. The maximum absolute atomic E-state index is 11.3. The quantitative estimate of drug-likeness (QED) is 0.446. The lowest BCUT2D eigenvalue weighted by Crippen LogP contribution is -2.14. The van der Waals surface area contributed by atoms with Gasteiger partial charge in [-0.2, -0.15) is 5.10 Å². The molecule has 0 spiro atoms. The second-order valence-electron chi connectivity index (χ2n) is 3.92. The molecule has 1 aromatic rings. The van der Waals surface area contributed by atoms with Crippen LogP contribution in [0, 0.1) is 10.1 Å². The zero-order chi connectivity index (χ0) is 15.1. The number of Topliss-reactive ketones (excluding diaryl/α,β-unsaturated/α-hetero) is 1. The van der Waals surface area contributed by atoms with E-state index < -0.39 is 10.9 Å². The Hall–Kier alpha value is -2.77. The first kappa shape index (κ1) is 15.3. The highest BCUT2D eigenvalue weighted by Gasteiger charge is 2.09. The minimum Gasteiger partial charge on any atom is -0.481 e. The third-order valence-corrected chi connectivity index (χ3v) is 2.38. The van der Waals surface area contributed by atoms with Gasteiger partial charge >= 0.3 is 5.97 Å². The fourth-order valence-corrected chi connectivity index (χ4v) is 1.33. The number of nitrogens with one attached hydrogen (secondary N) is 1. The van der Waals surface area contributed by atoms with Gasteiger partial charge in [0, 0.05) is 25.5 Å². The van der Waals surface area contributed by atoms with Crippen LogP contribution < -0.4 is 5.43 Å². The molecular formula is C12H13N3O5. The predicted molar refractivity (Wildman–Crippen MR) is 71.7 cm³/mol. The van der Waals surface area contributed by atoms with Gasteiger partial charge in [0.2, 0.25) is 0 Å². The van der Waals surface area contributed by atoms with Gasteiger partial charge in [-0.05, 0) is 12.1 Å². The number of benzene rings is 1. The molecule has 0 atom stereocenters. The first-order valence-corrected chi connectivity index (χ1v) is 5.70. The van der Waals surface area contributed by atoms with Gasteiger partial charge in [0.25, 0.3) is 5.69 Å². The topological polar surface area (TPSA) is 122 Å². The van der Waals surface area contributed by atoms with E-state index in [9.17, 15) is 19.7 Å². The number of hydrazone groups is 1. The van der Waals surface area contributed by atoms with Crippen LogP contribution in [-0.4, -0.2) is 27.5 Å². The molecule has 0 radical (unpaired) electrons. The Balaban J connectivity index is 2.73. The SMILES string of the molecule is CC(=O)/C(CCC(=O)O)=N\Nc1ccc([N+](=O)[O-])cc1. The monoisotopic (exact) mass is 279 g/mol. The lowest BCUT2D eigenvalue weighted by molar-refractivity contribution is -0.384. The Kier molecular flexibility index (Phi) is 5.33. The second-order valence-corrected chi connectivity index (χ2v) is 3.92. The molecule has 0 bridgehead atoms. The van der Waals surface area contributed by atoms with Crippen LogP contribution in [0.4, 0.5) is 11.4 Å². The van der Waals surface area contributed by atoms with E-state index in [1.807, 2.05) is 0 Å².